The first kappa shape index (κ1) is 18.3. The molecule has 2 aliphatic rings. The van der Waals surface area contributed by atoms with Gasteiger partial charge in [-0.15, -0.1) is 0 Å². The Morgan fingerprint density at radius 2 is 1.33 bits per heavy atom. The monoisotopic (exact) mass is 396 g/mol. The van der Waals surface area contributed by atoms with Gasteiger partial charge in [-0.05, 0) is 35.4 Å². The van der Waals surface area contributed by atoms with Gasteiger partial charge in [0.1, 0.15) is 0 Å². The normalized spacial score (nSPS) is 16.9. The number of aromatic nitrogens is 1. The first-order chi connectivity index (χ1) is 14.6. The molecule has 3 aromatic rings. The zero-order chi connectivity index (χ0) is 20.6. The molecule has 0 unspecified atom stereocenters. The minimum absolute atomic E-state index is 0.479. The highest BCUT2D eigenvalue weighted by atomic mass is 19.2. The highest BCUT2D eigenvalue weighted by Gasteiger charge is 2.51. The highest BCUT2D eigenvalue weighted by Crippen LogP contribution is 2.33. The van der Waals surface area contributed by atoms with Gasteiger partial charge in [0.25, 0.3) is 0 Å². The van der Waals surface area contributed by atoms with Gasteiger partial charge in [0.05, 0.1) is 0 Å². The van der Waals surface area contributed by atoms with Crippen molar-refractivity contribution in [1.82, 2.24) is 4.48 Å². The van der Waals surface area contributed by atoms with Crippen LogP contribution in [0, 0.1) is 0 Å². The molecule has 3 heterocycles. The summed E-state index contributed by atoms with van der Waals surface area (Å²) in [5, 5.41) is 0. The summed E-state index contributed by atoms with van der Waals surface area (Å²) in [6, 6.07) is 22.9. The molecule has 30 heavy (non-hydrogen) atoms. The van der Waals surface area contributed by atoms with Crippen molar-refractivity contribution >= 4 is 37.0 Å². The van der Waals surface area contributed by atoms with Crippen LogP contribution in [-0.2, 0) is 0 Å². The SMILES string of the molecule is F[B-]1(F)n2c(ccc2/C=C/c2ccccc2)C=C2C=CC(/C=C/c3ccccc3)=[N+]21. The molecule has 0 N–H and O–H groups in total. The molecule has 146 valence electrons. The summed E-state index contributed by atoms with van der Waals surface area (Å²) in [5.41, 5.74) is 3.92. The Hall–Kier alpha value is -3.73. The summed E-state index contributed by atoms with van der Waals surface area (Å²) in [6.45, 7) is -4.02. The third-order valence-corrected chi connectivity index (χ3v) is 5.37. The van der Waals surface area contributed by atoms with Crippen molar-refractivity contribution < 1.29 is 13.1 Å². The van der Waals surface area contributed by atoms with Gasteiger partial charge in [0, 0.05) is 35.7 Å². The van der Waals surface area contributed by atoms with Crippen molar-refractivity contribution in [2.75, 3.05) is 0 Å². The Balaban J connectivity index is 1.55. The van der Waals surface area contributed by atoms with E-state index in [2.05, 4.69) is 0 Å². The lowest BCUT2D eigenvalue weighted by molar-refractivity contribution is -0.359. The molecule has 1 aromatic heterocycles. The molecule has 2 aromatic carbocycles. The van der Waals surface area contributed by atoms with E-state index in [9.17, 15) is 0 Å². The molecule has 5 rings (SSSR count). The quantitative estimate of drug-likeness (QED) is 0.480. The number of hydrogen-bond donors (Lipinski definition) is 0. The smallest absolute Gasteiger partial charge is 0.390 e. The Morgan fingerprint density at radius 3 is 2.00 bits per heavy atom. The van der Waals surface area contributed by atoms with Gasteiger partial charge in [-0.25, -0.2) is 0 Å². The van der Waals surface area contributed by atoms with E-state index in [0.29, 0.717) is 22.8 Å². The standard InChI is InChI=1S/C25H19BF2N2/c27-26(28)29-22(13-11-20-7-3-1-4-8-20)15-17-24(29)19-25-18-16-23(30(25)26)14-12-21-9-5-2-6-10-21/h1-19H/b13-11+,14-12+. The Bertz CT molecular complexity index is 1250. The number of benzene rings is 2. The number of rotatable bonds is 4. The zero-order valence-corrected chi connectivity index (χ0v) is 16.2. The molecule has 0 saturated carbocycles. The van der Waals surface area contributed by atoms with Crippen molar-refractivity contribution in [1.29, 1.82) is 0 Å². The van der Waals surface area contributed by atoms with E-state index in [-0.39, 0.29) is 0 Å². The maximum Gasteiger partial charge on any atom is 0.737 e. The molecule has 0 bridgehead atoms. The molecule has 0 saturated heterocycles. The van der Waals surface area contributed by atoms with Crippen LogP contribution in [0.4, 0.5) is 8.63 Å². The zero-order valence-electron chi connectivity index (χ0n) is 16.2. The van der Waals surface area contributed by atoms with Crippen LogP contribution >= 0.6 is 0 Å². The van der Waals surface area contributed by atoms with Crippen LogP contribution in [0.2, 0.25) is 0 Å². The molecule has 0 atom stereocenters. The number of fused-ring (bicyclic) bond motifs is 2. The van der Waals surface area contributed by atoms with Crippen LogP contribution < -0.4 is 0 Å². The van der Waals surface area contributed by atoms with E-state index in [0.717, 1.165) is 20.1 Å². The van der Waals surface area contributed by atoms with Crippen molar-refractivity contribution in [3.8, 4) is 0 Å². The van der Waals surface area contributed by atoms with Crippen molar-refractivity contribution in [3.05, 3.63) is 119 Å². The molecule has 2 aliphatic heterocycles. The van der Waals surface area contributed by atoms with E-state index in [4.69, 9.17) is 0 Å². The van der Waals surface area contributed by atoms with Crippen LogP contribution in [-0.4, -0.2) is 21.6 Å². The van der Waals surface area contributed by atoms with Gasteiger partial charge < -0.3 is 17.6 Å². The molecular formula is C25H19BF2N2. The van der Waals surface area contributed by atoms with E-state index >= 15 is 8.63 Å². The largest absolute Gasteiger partial charge is 0.737 e. The Kier molecular flexibility index (Phi) is 4.44. The van der Waals surface area contributed by atoms with Crippen molar-refractivity contribution in [2.24, 2.45) is 0 Å². The summed E-state index contributed by atoms with van der Waals surface area (Å²) in [6.07, 6.45) is 12.5. The molecule has 0 spiro atoms. The van der Waals surface area contributed by atoms with Crippen LogP contribution in [0.5, 0.6) is 0 Å². The molecule has 0 fully saturated rings. The Labute approximate surface area is 174 Å². The van der Waals surface area contributed by atoms with Gasteiger partial charge >= 0.3 is 6.97 Å². The first-order valence-electron chi connectivity index (χ1n) is 9.89. The van der Waals surface area contributed by atoms with E-state index in [1.165, 1.54) is 0 Å². The number of nitrogens with zero attached hydrogens (tertiary/aromatic N) is 2. The van der Waals surface area contributed by atoms with Crippen LogP contribution in [0.15, 0.2) is 96.7 Å². The third-order valence-electron chi connectivity index (χ3n) is 5.37. The topological polar surface area (TPSA) is 7.94 Å². The number of allylic oxidation sites excluding steroid dienone is 3. The predicted octanol–water partition coefficient (Wildman–Crippen LogP) is 5.97. The fourth-order valence-corrected chi connectivity index (χ4v) is 3.94. The average molecular weight is 396 g/mol. The van der Waals surface area contributed by atoms with Gasteiger partial charge in [-0.2, -0.15) is 0 Å². The van der Waals surface area contributed by atoms with E-state index < -0.39 is 6.97 Å². The second kappa shape index (κ2) is 7.27. The maximum absolute atomic E-state index is 15.7. The molecule has 2 nitrogen and oxygen atoms in total. The maximum atomic E-state index is 15.7. The second-order valence-corrected chi connectivity index (χ2v) is 7.33. The number of halogens is 2. The van der Waals surface area contributed by atoms with E-state index in [1.807, 2.05) is 72.8 Å². The molecular weight excluding hydrogens is 377 g/mol. The van der Waals surface area contributed by atoms with Crippen molar-refractivity contribution in [2.45, 2.75) is 0 Å². The fourth-order valence-electron chi connectivity index (χ4n) is 3.94. The van der Waals surface area contributed by atoms with Crippen LogP contribution in [0.1, 0.15) is 22.5 Å². The minimum atomic E-state index is -4.02. The van der Waals surface area contributed by atoms with Gasteiger partial charge in [-0.1, -0.05) is 66.7 Å². The van der Waals surface area contributed by atoms with Crippen LogP contribution in [0.25, 0.3) is 24.3 Å². The van der Waals surface area contributed by atoms with Gasteiger partial charge in [-0.3, -0.25) is 0 Å². The second-order valence-electron chi connectivity index (χ2n) is 7.33. The lowest BCUT2D eigenvalue weighted by atomic mass is 9.90. The van der Waals surface area contributed by atoms with Gasteiger partial charge in [0.2, 0.25) is 0 Å². The third kappa shape index (κ3) is 3.18. The lowest BCUT2D eigenvalue weighted by Gasteiger charge is -2.29. The summed E-state index contributed by atoms with van der Waals surface area (Å²) in [7, 11) is 0. The summed E-state index contributed by atoms with van der Waals surface area (Å²) >= 11 is 0. The average Bonchev–Trinajstić information content (AvgIpc) is 3.37. The summed E-state index contributed by atoms with van der Waals surface area (Å²) in [4.78, 5) is 0. The fraction of sp³-hybridized carbons (Fsp3) is 0. The number of hydrogen-bond acceptors (Lipinski definition) is 0. The summed E-state index contributed by atoms with van der Waals surface area (Å²) in [5.74, 6) is 0. The van der Waals surface area contributed by atoms with Crippen molar-refractivity contribution in [3.63, 3.8) is 0 Å². The molecule has 0 radical (unpaired) electrons. The molecule has 5 heteroatoms. The van der Waals surface area contributed by atoms with Crippen LogP contribution in [0.3, 0.4) is 0 Å². The van der Waals surface area contributed by atoms with Gasteiger partial charge in [0.15, 0.2) is 11.4 Å². The molecule has 0 aliphatic carbocycles. The minimum Gasteiger partial charge on any atom is -0.390 e. The Morgan fingerprint density at radius 1 is 0.700 bits per heavy atom. The van der Waals surface area contributed by atoms with E-state index in [1.54, 1.807) is 42.5 Å². The first-order valence-corrected chi connectivity index (χ1v) is 9.89. The highest BCUT2D eigenvalue weighted by molar-refractivity contribution is 6.58. The molecule has 0 amide bonds. The predicted molar refractivity (Wildman–Crippen MR) is 121 cm³/mol. The lowest BCUT2D eigenvalue weighted by Crippen LogP contribution is -2.50. The summed E-state index contributed by atoms with van der Waals surface area (Å²) < 4.78 is 33.7.